The highest BCUT2D eigenvalue weighted by molar-refractivity contribution is 5.72. The van der Waals surface area contributed by atoms with Gasteiger partial charge >= 0.3 is 41.8 Å². The number of hydrogen-bond donors (Lipinski definition) is 7. The molecule has 2 aliphatic heterocycles. The minimum Gasteiger partial charge on any atom is -0.480 e. The molecule has 0 spiro atoms. The first-order chi connectivity index (χ1) is 27.5. The number of carboxylic acids is 7. The van der Waals surface area contributed by atoms with E-state index in [9.17, 15) is 69.3 Å². The quantitative estimate of drug-likeness (QED) is 0.102. The van der Waals surface area contributed by atoms with Crippen molar-refractivity contribution in [2.75, 3.05) is 91.6 Å². The molecule has 21 heteroatoms. The summed E-state index contributed by atoms with van der Waals surface area (Å²) in [6, 6.07) is 8.48. The molecule has 324 valence electrons. The maximum Gasteiger partial charge on any atom is 0.361 e. The fraction of sp³-hybridized carbons (Fsp3) is 0.649. The number of rotatable bonds is 17. The van der Waals surface area contributed by atoms with Gasteiger partial charge in [0.1, 0.15) is 19.6 Å². The topological polar surface area (TPSA) is 281 Å². The molecule has 2 atom stereocenters. The van der Waals surface area contributed by atoms with Crippen molar-refractivity contribution in [3.63, 3.8) is 0 Å². The van der Waals surface area contributed by atoms with Crippen molar-refractivity contribution in [2.24, 2.45) is 0 Å². The molecule has 0 bridgehead atoms. The zero-order chi connectivity index (χ0) is 42.9. The molecule has 2 heterocycles. The first-order valence-electron chi connectivity index (χ1n) is 19.4. The Morgan fingerprint density at radius 1 is 0.517 bits per heavy atom. The maximum absolute atomic E-state index is 13.5. The second kappa shape index (κ2) is 23.0. The SMILES string of the molecule is O=C(O)CN1CCN(CC(=O)O)CC(Cc2ccccc2)([N+]2(CC(=O)O)CCCCCCCCCCN(CC(=O)O)N(CC(=O)O)N2CC(=O)O)N(CC(=O)O)CC1. The molecule has 58 heavy (non-hydrogen) atoms. The van der Waals surface area contributed by atoms with Gasteiger partial charge in [-0.2, -0.15) is 4.59 Å². The van der Waals surface area contributed by atoms with E-state index in [1.807, 2.05) is 0 Å². The van der Waals surface area contributed by atoms with Crippen molar-refractivity contribution >= 4 is 41.8 Å². The Balaban J connectivity index is 2.65. The Morgan fingerprint density at radius 2 is 1.02 bits per heavy atom. The van der Waals surface area contributed by atoms with E-state index in [-0.39, 0.29) is 52.1 Å². The predicted molar refractivity (Wildman–Crippen MR) is 203 cm³/mol. The van der Waals surface area contributed by atoms with Crippen LogP contribution in [0.1, 0.15) is 56.9 Å². The van der Waals surface area contributed by atoms with Crippen molar-refractivity contribution in [1.82, 2.24) is 29.9 Å². The predicted octanol–water partition coefficient (Wildman–Crippen LogP) is 0.0394. The van der Waals surface area contributed by atoms with E-state index in [2.05, 4.69) is 0 Å². The largest absolute Gasteiger partial charge is 0.480 e. The second-order valence-electron chi connectivity index (χ2n) is 14.9. The normalized spacial score (nSPS) is 23.7. The highest BCUT2D eigenvalue weighted by atomic mass is 16.4. The van der Waals surface area contributed by atoms with Gasteiger partial charge in [-0.25, -0.2) is 14.7 Å². The van der Waals surface area contributed by atoms with Crippen LogP contribution in [-0.2, 0) is 40.0 Å². The third kappa shape index (κ3) is 14.3. The molecule has 1 aromatic rings. The van der Waals surface area contributed by atoms with E-state index in [4.69, 9.17) is 0 Å². The van der Waals surface area contributed by atoms with Crippen LogP contribution in [0, 0.1) is 0 Å². The van der Waals surface area contributed by atoms with Gasteiger partial charge in [-0.15, -0.1) is 5.12 Å². The number of nitrogens with zero attached hydrogens (tertiary/aromatic N) is 7. The fourth-order valence-corrected chi connectivity index (χ4v) is 8.31. The molecule has 2 saturated heterocycles. The van der Waals surface area contributed by atoms with Crippen LogP contribution in [0.15, 0.2) is 30.3 Å². The highest BCUT2D eigenvalue weighted by Crippen LogP contribution is 2.39. The number of hydrogen-bond acceptors (Lipinski definition) is 13. The van der Waals surface area contributed by atoms with Crippen LogP contribution in [0.3, 0.4) is 0 Å². The van der Waals surface area contributed by atoms with Crippen molar-refractivity contribution in [1.29, 1.82) is 0 Å². The Bertz CT molecular complexity index is 1570. The summed E-state index contributed by atoms with van der Waals surface area (Å²) >= 11 is 0. The lowest BCUT2D eigenvalue weighted by molar-refractivity contribution is -1.10. The van der Waals surface area contributed by atoms with E-state index in [0.29, 0.717) is 31.2 Å². The van der Waals surface area contributed by atoms with Gasteiger partial charge in [0.05, 0.1) is 26.2 Å². The average molecular weight is 825 g/mol. The summed E-state index contributed by atoms with van der Waals surface area (Å²) in [6.07, 6.45) is 4.65. The Kier molecular flexibility index (Phi) is 18.9. The van der Waals surface area contributed by atoms with Gasteiger partial charge in [0.2, 0.25) is 0 Å². The average Bonchev–Trinajstić information content (AvgIpc) is 3.17. The summed E-state index contributed by atoms with van der Waals surface area (Å²) in [5.74, 6) is -9.83. The third-order valence-corrected chi connectivity index (χ3v) is 10.6. The van der Waals surface area contributed by atoms with Crippen LogP contribution < -0.4 is 0 Å². The van der Waals surface area contributed by atoms with Gasteiger partial charge < -0.3 is 35.7 Å². The summed E-state index contributed by atoms with van der Waals surface area (Å²) in [6.45, 7) is -7.00. The van der Waals surface area contributed by atoms with Gasteiger partial charge in [-0.1, -0.05) is 67.6 Å². The molecule has 2 unspecified atom stereocenters. The van der Waals surface area contributed by atoms with Crippen LogP contribution in [0.25, 0.3) is 0 Å². The summed E-state index contributed by atoms with van der Waals surface area (Å²) in [5.41, 5.74) is -1.45. The standard InChI is InChI=1S/C37H57N7O14/c45-30(46)21-38-15-16-39(22-31(47)48)28-37(20-29-12-8-7-9-13-29,40(18-17-38)23-32(49)50)44(27-36(57)58)19-11-6-4-2-1-3-5-10-14-41(24-33(51)52)42(25-34(53)54)43(44)26-35(55)56/h7-9,12-13H,1-6,10-11,14-28H2,(H6-,45,46,47,48,49,50,51,52,53,54,55,56,57,58)/p+1. The van der Waals surface area contributed by atoms with Crippen LogP contribution in [0.2, 0.25) is 0 Å². The van der Waals surface area contributed by atoms with E-state index >= 15 is 0 Å². The third-order valence-electron chi connectivity index (χ3n) is 10.6. The Morgan fingerprint density at radius 3 is 1.57 bits per heavy atom. The Labute approximate surface area is 336 Å². The van der Waals surface area contributed by atoms with Crippen molar-refractivity contribution < 1.29 is 73.9 Å². The van der Waals surface area contributed by atoms with Crippen molar-refractivity contribution in [3.05, 3.63) is 35.9 Å². The van der Waals surface area contributed by atoms with Crippen LogP contribution in [-0.4, -0.2) is 209 Å². The number of hydrazine groups is 2. The molecule has 0 aromatic heterocycles. The van der Waals surface area contributed by atoms with Crippen LogP contribution in [0.4, 0.5) is 0 Å². The summed E-state index contributed by atoms with van der Waals surface area (Å²) in [7, 11) is 0. The van der Waals surface area contributed by atoms with Gasteiger partial charge in [-0.3, -0.25) is 38.6 Å². The Hall–Kier alpha value is -4.77. The lowest BCUT2D eigenvalue weighted by Crippen LogP contribution is -2.85. The number of quaternary nitrogens is 1. The maximum atomic E-state index is 13.5. The summed E-state index contributed by atoms with van der Waals surface area (Å²) in [4.78, 5) is 93.8. The fourth-order valence-electron chi connectivity index (χ4n) is 8.31. The molecule has 21 nitrogen and oxygen atoms in total. The minimum atomic E-state index is -1.97. The summed E-state index contributed by atoms with van der Waals surface area (Å²) < 4.78 is -1.00. The van der Waals surface area contributed by atoms with E-state index in [1.165, 1.54) is 14.7 Å². The lowest BCUT2D eigenvalue weighted by atomic mass is 9.91. The van der Waals surface area contributed by atoms with Crippen molar-refractivity contribution in [3.8, 4) is 0 Å². The monoisotopic (exact) mass is 824 g/mol. The van der Waals surface area contributed by atoms with Gasteiger partial charge in [0.25, 0.3) is 0 Å². The smallest absolute Gasteiger partial charge is 0.361 e. The number of carboxylic acid groups (broad SMARTS) is 7. The van der Waals surface area contributed by atoms with Gasteiger partial charge in [0, 0.05) is 39.1 Å². The molecule has 0 amide bonds. The number of aliphatic carboxylic acids is 7. The second-order valence-corrected chi connectivity index (χ2v) is 14.9. The first kappa shape index (κ1) is 47.6. The first-order valence-corrected chi connectivity index (χ1v) is 19.4. The molecule has 1 aromatic carbocycles. The molecule has 0 radical (unpaired) electrons. The molecule has 2 fully saturated rings. The highest BCUT2D eigenvalue weighted by Gasteiger charge is 2.63. The molecule has 0 saturated carbocycles. The molecule has 7 N–H and O–H groups in total. The van der Waals surface area contributed by atoms with Gasteiger partial charge in [-0.05, 0) is 24.8 Å². The molecular weight excluding hydrogens is 766 g/mol. The van der Waals surface area contributed by atoms with Crippen LogP contribution in [0.5, 0.6) is 0 Å². The molecule has 2 aliphatic rings. The van der Waals surface area contributed by atoms with Crippen molar-refractivity contribution in [2.45, 2.75) is 63.5 Å². The zero-order valence-corrected chi connectivity index (χ0v) is 32.8. The number of carbonyl (C=O) groups is 7. The van der Waals surface area contributed by atoms with E-state index in [0.717, 1.165) is 34.5 Å². The molecule has 3 rings (SSSR count). The number of benzene rings is 1. The molecule has 0 aliphatic carbocycles. The lowest BCUT2D eigenvalue weighted by Gasteiger charge is -2.62. The van der Waals surface area contributed by atoms with Gasteiger partial charge in [0.15, 0.2) is 18.8 Å². The van der Waals surface area contributed by atoms with E-state index in [1.54, 1.807) is 30.3 Å². The molecular formula is C37H58N7O14+. The van der Waals surface area contributed by atoms with E-state index < -0.39 is 104 Å². The van der Waals surface area contributed by atoms with Crippen LogP contribution >= 0.6 is 0 Å². The zero-order valence-electron chi connectivity index (χ0n) is 32.8. The summed E-state index contributed by atoms with van der Waals surface area (Å²) in [5, 5.41) is 75.9. The minimum absolute atomic E-state index is 0.0111.